The van der Waals surface area contributed by atoms with Gasteiger partial charge in [0.05, 0.1) is 6.61 Å². The molecule has 0 saturated carbocycles. The molecular weight excluding hydrogens is 212 g/mol. The molecule has 17 heavy (non-hydrogen) atoms. The normalized spacial score (nSPS) is 19.9. The van der Waals surface area contributed by atoms with E-state index in [-0.39, 0.29) is 6.61 Å². The highest BCUT2D eigenvalue weighted by atomic mass is 16.3. The van der Waals surface area contributed by atoms with Crippen molar-refractivity contribution in [2.45, 2.75) is 39.7 Å². The molecule has 2 rings (SSSR count). The Morgan fingerprint density at radius 1 is 1.41 bits per heavy atom. The summed E-state index contributed by atoms with van der Waals surface area (Å²) in [4.78, 5) is 7.02. The van der Waals surface area contributed by atoms with Gasteiger partial charge < -0.3 is 10.0 Å². The van der Waals surface area contributed by atoms with E-state index in [1.54, 1.807) is 0 Å². The summed E-state index contributed by atoms with van der Waals surface area (Å²) < 4.78 is 0. The van der Waals surface area contributed by atoms with Crippen LogP contribution in [-0.4, -0.2) is 23.2 Å². The standard InChI is InChI=1S/C14H22N2O/c1-3-11-5-6-16(9-11)14-8-12(10-17)7-13(4-2)15-14/h7-8,11,17H,3-6,9-10H2,1-2H3. The predicted octanol–water partition coefficient (Wildman–Crippen LogP) is 2.37. The minimum Gasteiger partial charge on any atom is -0.392 e. The number of hydrogen-bond donors (Lipinski definition) is 1. The molecule has 1 N–H and O–H groups in total. The third kappa shape index (κ3) is 2.78. The van der Waals surface area contributed by atoms with E-state index in [4.69, 9.17) is 0 Å². The molecule has 0 aliphatic carbocycles. The highest BCUT2D eigenvalue weighted by molar-refractivity contribution is 5.43. The zero-order chi connectivity index (χ0) is 12.3. The van der Waals surface area contributed by atoms with Crippen LogP contribution in [0.2, 0.25) is 0 Å². The lowest BCUT2D eigenvalue weighted by atomic mass is 10.1. The molecule has 2 heterocycles. The molecule has 1 aromatic rings. The number of aromatic nitrogens is 1. The van der Waals surface area contributed by atoms with Gasteiger partial charge >= 0.3 is 0 Å². The van der Waals surface area contributed by atoms with Gasteiger partial charge in [0.15, 0.2) is 0 Å². The summed E-state index contributed by atoms with van der Waals surface area (Å²) in [5, 5.41) is 9.28. The van der Waals surface area contributed by atoms with Crippen molar-refractivity contribution >= 4 is 5.82 Å². The second-order valence-electron chi connectivity index (χ2n) is 4.85. The molecule has 1 aliphatic rings. The average Bonchev–Trinajstić information content (AvgIpc) is 2.86. The van der Waals surface area contributed by atoms with Crippen LogP contribution in [0.3, 0.4) is 0 Å². The highest BCUT2D eigenvalue weighted by Gasteiger charge is 2.22. The monoisotopic (exact) mass is 234 g/mol. The first-order valence-corrected chi connectivity index (χ1v) is 6.62. The van der Waals surface area contributed by atoms with Crippen molar-refractivity contribution < 1.29 is 5.11 Å². The van der Waals surface area contributed by atoms with Gasteiger partial charge in [-0.2, -0.15) is 0 Å². The van der Waals surface area contributed by atoms with E-state index >= 15 is 0 Å². The van der Waals surface area contributed by atoms with Gasteiger partial charge in [-0.1, -0.05) is 20.3 Å². The molecule has 3 nitrogen and oxygen atoms in total. The SMILES string of the molecule is CCc1cc(CO)cc(N2CCC(CC)C2)n1. The molecule has 1 aromatic heterocycles. The second kappa shape index (κ2) is 5.50. The lowest BCUT2D eigenvalue weighted by Gasteiger charge is -2.19. The van der Waals surface area contributed by atoms with Gasteiger partial charge in [0, 0.05) is 18.8 Å². The van der Waals surface area contributed by atoms with Crippen LogP contribution >= 0.6 is 0 Å². The summed E-state index contributed by atoms with van der Waals surface area (Å²) in [5.41, 5.74) is 2.05. The van der Waals surface area contributed by atoms with Gasteiger partial charge in [-0.25, -0.2) is 4.98 Å². The maximum Gasteiger partial charge on any atom is 0.129 e. The lowest BCUT2D eigenvalue weighted by molar-refractivity contribution is 0.281. The van der Waals surface area contributed by atoms with Crippen molar-refractivity contribution in [2.75, 3.05) is 18.0 Å². The predicted molar refractivity (Wildman–Crippen MR) is 70.1 cm³/mol. The number of aliphatic hydroxyl groups is 1. The first kappa shape index (κ1) is 12.4. The molecule has 0 amide bonds. The molecule has 0 radical (unpaired) electrons. The quantitative estimate of drug-likeness (QED) is 0.869. The molecule has 0 spiro atoms. The van der Waals surface area contributed by atoms with Crippen LogP contribution in [0.5, 0.6) is 0 Å². The van der Waals surface area contributed by atoms with Crippen LogP contribution in [0, 0.1) is 5.92 Å². The third-order valence-electron chi connectivity index (χ3n) is 3.66. The van der Waals surface area contributed by atoms with E-state index in [0.717, 1.165) is 42.5 Å². The van der Waals surface area contributed by atoms with Crippen molar-refractivity contribution in [3.05, 3.63) is 23.4 Å². The Bertz CT molecular complexity index is 356. The zero-order valence-electron chi connectivity index (χ0n) is 10.8. The summed E-state index contributed by atoms with van der Waals surface area (Å²) in [6.45, 7) is 6.67. The van der Waals surface area contributed by atoms with Crippen LogP contribution in [0.4, 0.5) is 5.82 Å². The van der Waals surface area contributed by atoms with Gasteiger partial charge in [-0.15, -0.1) is 0 Å². The number of rotatable bonds is 4. The smallest absolute Gasteiger partial charge is 0.129 e. The fraction of sp³-hybridized carbons (Fsp3) is 0.643. The van der Waals surface area contributed by atoms with Gasteiger partial charge in [0.25, 0.3) is 0 Å². The molecular formula is C14H22N2O. The second-order valence-corrected chi connectivity index (χ2v) is 4.85. The Labute approximate surface area is 103 Å². The van der Waals surface area contributed by atoms with Crippen LogP contribution in [0.15, 0.2) is 12.1 Å². The van der Waals surface area contributed by atoms with E-state index in [0.29, 0.717) is 0 Å². The molecule has 1 unspecified atom stereocenters. The Hall–Kier alpha value is -1.09. The zero-order valence-corrected chi connectivity index (χ0v) is 10.8. The number of anilines is 1. The maximum atomic E-state index is 9.28. The van der Waals surface area contributed by atoms with E-state index in [9.17, 15) is 5.11 Å². The van der Waals surface area contributed by atoms with Gasteiger partial charge in [0.1, 0.15) is 5.82 Å². The maximum absolute atomic E-state index is 9.28. The van der Waals surface area contributed by atoms with Crippen molar-refractivity contribution in [1.82, 2.24) is 4.98 Å². The van der Waals surface area contributed by atoms with Crippen molar-refractivity contribution in [3.63, 3.8) is 0 Å². The number of nitrogens with zero attached hydrogens (tertiary/aromatic N) is 2. The minimum atomic E-state index is 0.105. The molecule has 1 saturated heterocycles. The van der Waals surface area contributed by atoms with E-state index in [1.165, 1.54) is 12.8 Å². The van der Waals surface area contributed by atoms with Crippen molar-refractivity contribution in [3.8, 4) is 0 Å². The minimum absolute atomic E-state index is 0.105. The third-order valence-corrected chi connectivity index (χ3v) is 3.66. The molecule has 0 bridgehead atoms. The lowest BCUT2D eigenvalue weighted by Crippen LogP contribution is -2.21. The Balaban J connectivity index is 2.20. The van der Waals surface area contributed by atoms with Crippen molar-refractivity contribution in [1.29, 1.82) is 0 Å². The summed E-state index contributed by atoms with van der Waals surface area (Å²) in [7, 11) is 0. The van der Waals surface area contributed by atoms with E-state index in [1.807, 2.05) is 12.1 Å². The number of pyridine rings is 1. The summed E-state index contributed by atoms with van der Waals surface area (Å²) in [5.74, 6) is 1.85. The number of hydrogen-bond acceptors (Lipinski definition) is 3. The van der Waals surface area contributed by atoms with Gasteiger partial charge in [0.2, 0.25) is 0 Å². The van der Waals surface area contributed by atoms with E-state index < -0.39 is 0 Å². The molecule has 0 aromatic carbocycles. The van der Waals surface area contributed by atoms with Crippen LogP contribution in [0.25, 0.3) is 0 Å². The van der Waals surface area contributed by atoms with Gasteiger partial charge in [-0.05, 0) is 36.5 Å². The molecule has 1 atom stereocenters. The van der Waals surface area contributed by atoms with Crippen molar-refractivity contribution in [2.24, 2.45) is 5.92 Å². The Morgan fingerprint density at radius 3 is 2.82 bits per heavy atom. The number of aryl methyl sites for hydroxylation is 1. The van der Waals surface area contributed by atoms with Crippen LogP contribution < -0.4 is 4.90 Å². The van der Waals surface area contributed by atoms with Gasteiger partial charge in [-0.3, -0.25) is 0 Å². The Kier molecular flexibility index (Phi) is 4.00. The molecule has 94 valence electrons. The summed E-state index contributed by atoms with van der Waals surface area (Å²) >= 11 is 0. The largest absolute Gasteiger partial charge is 0.392 e. The topological polar surface area (TPSA) is 36.4 Å². The highest BCUT2D eigenvalue weighted by Crippen LogP contribution is 2.25. The van der Waals surface area contributed by atoms with E-state index in [2.05, 4.69) is 23.7 Å². The first-order chi connectivity index (χ1) is 8.26. The Morgan fingerprint density at radius 2 is 2.24 bits per heavy atom. The fourth-order valence-corrected chi connectivity index (χ4v) is 2.44. The first-order valence-electron chi connectivity index (χ1n) is 6.62. The summed E-state index contributed by atoms with van der Waals surface area (Å²) in [6, 6.07) is 4.02. The van der Waals surface area contributed by atoms with Crippen LogP contribution in [0.1, 0.15) is 37.9 Å². The van der Waals surface area contributed by atoms with Crippen LogP contribution in [-0.2, 0) is 13.0 Å². The average molecular weight is 234 g/mol. The summed E-state index contributed by atoms with van der Waals surface area (Å²) in [6.07, 6.45) is 3.44. The molecule has 3 heteroatoms. The molecule has 1 fully saturated rings. The molecule has 1 aliphatic heterocycles. The fourth-order valence-electron chi connectivity index (χ4n) is 2.44. The number of aliphatic hydroxyl groups excluding tert-OH is 1.